The van der Waals surface area contributed by atoms with Gasteiger partial charge in [-0.05, 0) is 13.8 Å². The van der Waals surface area contributed by atoms with Gasteiger partial charge in [0, 0.05) is 0 Å². The highest BCUT2D eigenvalue weighted by Crippen LogP contribution is 2.33. The van der Waals surface area contributed by atoms with Gasteiger partial charge in [-0.15, -0.1) is 0 Å². The predicted molar refractivity (Wildman–Crippen MR) is 91.9 cm³/mol. The third-order valence-electron chi connectivity index (χ3n) is 4.19. The Kier molecular flexibility index (Phi) is 5.12. The maximum Gasteiger partial charge on any atom is 0.320 e. The molecule has 4 atom stereocenters. The first-order valence-corrected chi connectivity index (χ1v) is 8.14. The van der Waals surface area contributed by atoms with E-state index in [1.54, 1.807) is 13.8 Å². The number of ether oxygens (including phenoxy) is 1. The summed E-state index contributed by atoms with van der Waals surface area (Å²) in [6.45, 7) is 2.68. The Balaban J connectivity index is 1.87. The molecule has 1 aliphatic rings. The summed E-state index contributed by atoms with van der Waals surface area (Å²) in [6.07, 6.45) is -0.428. The van der Waals surface area contributed by atoms with Crippen LogP contribution in [0.25, 0.3) is 11.2 Å². The van der Waals surface area contributed by atoms with Crippen molar-refractivity contribution in [3.8, 4) is 0 Å². The van der Waals surface area contributed by atoms with E-state index in [1.165, 1.54) is 17.2 Å². The number of hydrogen-bond acceptors (Lipinski definition) is 9. The van der Waals surface area contributed by atoms with Crippen LogP contribution < -0.4 is 10.6 Å². The molecule has 0 fully saturated rings. The van der Waals surface area contributed by atoms with Crippen LogP contribution in [0.1, 0.15) is 20.1 Å². The Labute approximate surface area is 153 Å². The summed E-state index contributed by atoms with van der Waals surface area (Å²) >= 11 is 0. The Morgan fingerprint density at radius 1 is 1.30 bits per heavy atom. The molecule has 0 aromatic carbocycles. The number of hydrogen-bond donors (Lipinski definition) is 6. The van der Waals surface area contributed by atoms with Crippen molar-refractivity contribution in [1.82, 2.24) is 24.8 Å². The van der Waals surface area contributed by atoms with Gasteiger partial charge in [0.05, 0.1) is 25.1 Å². The molecule has 3 rings (SSSR count). The number of aliphatic hydroxyl groups excluding tert-OH is 4. The van der Waals surface area contributed by atoms with Crippen molar-refractivity contribution in [2.45, 2.75) is 38.3 Å². The minimum atomic E-state index is -1.13. The summed E-state index contributed by atoms with van der Waals surface area (Å²) in [5, 5.41) is 43.6. The van der Waals surface area contributed by atoms with Gasteiger partial charge in [0.15, 0.2) is 34.7 Å². The van der Waals surface area contributed by atoms with E-state index in [2.05, 4.69) is 25.6 Å². The van der Waals surface area contributed by atoms with Gasteiger partial charge in [-0.2, -0.15) is 0 Å². The van der Waals surface area contributed by atoms with Crippen molar-refractivity contribution in [1.29, 1.82) is 0 Å². The van der Waals surface area contributed by atoms with Gasteiger partial charge in [0.2, 0.25) is 0 Å². The fraction of sp³-hybridized carbons (Fsp3) is 0.467. The maximum absolute atomic E-state index is 12.0. The fourth-order valence-electron chi connectivity index (χ4n) is 2.49. The molecule has 0 bridgehead atoms. The van der Waals surface area contributed by atoms with E-state index < -0.39 is 48.6 Å². The summed E-state index contributed by atoms with van der Waals surface area (Å²) in [5.74, 6) is -0.827. The highest BCUT2D eigenvalue weighted by molar-refractivity contribution is 5.96. The molecule has 6 N–H and O–H groups in total. The van der Waals surface area contributed by atoms with Crippen molar-refractivity contribution in [2.24, 2.45) is 0 Å². The molecule has 0 spiro atoms. The van der Waals surface area contributed by atoms with Crippen LogP contribution in [0.4, 0.5) is 10.6 Å². The quantitative estimate of drug-likeness (QED) is 0.415. The van der Waals surface area contributed by atoms with E-state index in [1.807, 2.05) is 0 Å². The number of urea groups is 1. The first kappa shape index (κ1) is 18.8. The Morgan fingerprint density at radius 2 is 2.04 bits per heavy atom. The zero-order chi connectivity index (χ0) is 19.7. The number of amides is 2. The third kappa shape index (κ3) is 3.49. The standard InChI is InChI=1S/C15H20N6O6/c1-6(7(2)23)19-15(26)20-12-9-13(17-4-16-12)21(5-18-9)14-11(25)10(24)8(3-22)27-14/h4-8,14,22-25H,3H2,1-2H3,(H2,16,17,19,20,26)/t6-,7?,8-,14?/m1/s1. The molecule has 2 aromatic heterocycles. The molecular weight excluding hydrogens is 360 g/mol. The summed E-state index contributed by atoms with van der Waals surface area (Å²) in [7, 11) is 0. The summed E-state index contributed by atoms with van der Waals surface area (Å²) in [6, 6.07) is -1.07. The molecule has 0 radical (unpaired) electrons. The highest BCUT2D eigenvalue weighted by atomic mass is 16.6. The lowest BCUT2D eigenvalue weighted by Crippen LogP contribution is -2.42. The van der Waals surface area contributed by atoms with Crippen LogP contribution in [0.15, 0.2) is 24.2 Å². The normalized spacial score (nSPS) is 22.1. The second kappa shape index (κ2) is 7.34. The zero-order valence-corrected chi connectivity index (χ0v) is 14.6. The number of nitrogens with one attached hydrogen (secondary N) is 2. The van der Waals surface area contributed by atoms with Gasteiger partial charge in [-0.1, -0.05) is 0 Å². The van der Waals surface area contributed by atoms with Crippen LogP contribution in [0.2, 0.25) is 0 Å². The molecular formula is C15H20N6O6. The van der Waals surface area contributed by atoms with Gasteiger partial charge in [-0.25, -0.2) is 19.7 Å². The zero-order valence-electron chi connectivity index (χ0n) is 14.6. The number of aromatic nitrogens is 4. The largest absolute Gasteiger partial charge is 0.506 e. The minimum Gasteiger partial charge on any atom is -0.506 e. The molecule has 2 amide bonds. The Morgan fingerprint density at radius 3 is 2.67 bits per heavy atom. The first-order valence-electron chi connectivity index (χ1n) is 8.14. The van der Waals surface area contributed by atoms with Gasteiger partial charge in [0.1, 0.15) is 12.4 Å². The van der Waals surface area contributed by atoms with E-state index in [9.17, 15) is 25.2 Å². The molecule has 146 valence electrons. The topological polar surface area (TPSA) is 175 Å². The average Bonchev–Trinajstić information content (AvgIpc) is 3.17. The van der Waals surface area contributed by atoms with Crippen LogP contribution in [0.3, 0.4) is 0 Å². The van der Waals surface area contributed by atoms with Crippen molar-refractivity contribution in [2.75, 3.05) is 11.9 Å². The minimum absolute atomic E-state index is 0.110. The number of carbonyl (C=O) groups excluding carboxylic acids is 1. The van der Waals surface area contributed by atoms with E-state index in [0.717, 1.165) is 0 Å². The third-order valence-corrected chi connectivity index (χ3v) is 4.19. The smallest absolute Gasteiger partial charge is 0.320 e. The molecule has 12 nitrogen and oxygen atoms in total. The fourth-order valence-corrected chi connectivity index (χ4v) is 2.49. The maximum atomic E-state index is 12.0. The van der Waals surface area contributed by atoms with Crippen LogP contribution in [-0.2, 0) is 4.74 Å². The van der Waals surface area contributed by atoms with Crippen molar-refractivity contribution < 1.29 is 30.0 Å². The second-order valence-electron chi connectivity index (χ2n) is 6.10. The first-order chi connectivity index (χ1) is 12.8. The number of aliphatic hydroxyl groups is 4. The number of anilines is 1. The van der Waals surface area contributed by atoms with Crippen LogP contribution in [0.5, 0.6) is 0 Å². The lowest BCUT2D eigenvalue weighted by Gasteiger charge is -2.17. The number of carbonyl (C=O) groups is 1. The van der Waals surface area contributed by atoms with Gasteiger partial charge in [-0.3, -0.25) is 9.88 Å². The van der Waals surface area contributed by atoms with E-state index in [-0.39, 0.29) is 17.0 Å². The molecule has 0 aliphatic carbocycles. The number of fused-ring (bicyclic) bond motifs is 1. The van der Waals surface area contributed by atoms with Crippen LogP contribution >= 0.6 is 0 Å². The highest BCUT2D eigenvalue weighted by Gasteiger charge is 2.37. The molecule has 3 heterocycles. The van der Waals surface area contributed by atoms with Gasteiger partial charge < -0.3 is 30.5 Å². The van der Waals surface area contributed by atoms with Crippen molar-refractivity contribution in [3.05, 3.63) is 24.2 Å². The number of rotatable bonds is 5. The molecule has 12 heteroatoms. The average molecular weight is 380 g/mol. The van der Waals surface area contributed by atoms with Gasteiger partial charge in [0.25, 0.3) is 0 Å². The Hall–Kier alpha value is -2.96. The number of imidazole rings is 1. The lowest BCUT2D eigenvalue weighted by molar-refractivity contribution is -0.0331. The molecule has 0 saturated carbocycles. The monoisotopic (exact) mass is 380 g/mol. The summed E-state index contributed by atoms with van der Waals surface area (Å²) < 4.78 is 6.73. The Bertz CT molecular complexity index is 881. The molecule has 2 unspecified atom stereocenters. The van der Waals surface area contributed by atoms with Crippen molar-refractivity contribution >= 4 is 23.0 Å². The number of nitrogens with zero attached hydrogens (tertiary/aromatic N) is 4. The van der Waals surface area contributed by atoms with E-state index in [4.69, 9.17) is 4.74 Å². The van der Waals surface area contributed by atoms with Crippen molar-refractivity contribution in [3.63, 3.8) is 0 Å². The van der Waals surface area contributed by atoms with Crippen LogP contribution in [-0.4, -0.2) is 70.8 Å². The van der Waals surface area contributed by atoms with E-state index in [0.29, 0.717) is 0 Å². The molecule has 1 aliphatic heterocycles. The second-order valence-corrected chi connectivity index (χ2v) is 6.10. The van der Waals surface area contributed by atoms with Crippen LogP contribution in [0, 0.1) is 0 Å². The molecule has 0 saturated heterocycles. The SMILES string of the molecule is CC(O)[C@@H](C)NC(=O)Nc1ncnc2c1ncn2C1O[C@H](CO)C(O)=C1O. The predicted octanol–water partition coefficient (Wildman–Crippen LogP) is -0.0656. The summed E-state index contributed by atoms with van der Waals surface area (Å²) in [4.78, 5) is 24.2. The molecule has 27 heavy (non-hydrogen) atoms. The van der Waals surface area contributed by atoms with E-state index >= 15 is 0 Å². The van der Waals surface area contributed by atoms with Gasteiger partial charge >= 0.3 is 6.03 Å². The summed E-state index contributed by atoms with van der Waals surface area (Å²) in [5.41, 5.74) is 0.451. The molecule has 2 aromatic rings. The lowest BCUT2D eigenvalue weighted by atomic mass is 10.2.